The Morgan fingerprint density at radius 3 is 1.03 bits per heavy atom. The van der Waals surface area contributed by atoms with Crippen LogP contribution in [0.3, 0.4) is 0 Å². The fraction of sp³-hybridized carbons (Fsp3) is 0.899. The summed E-state index contributed by atoms with van der Waals surface area (Å²) in [4.78, 5) is 88.7. The average Bonchev–Trinajstić information content (AvgIpc) is 1.19. The first kappa shape index (κ1) is 81.1. The summed E-state index contributed by atoms with van der Waals surface area (Å²) in [6.07, 6.45) is 7.49. The first-order valence-corrected chi connectivity index (χ1v) is 33.9. The van der Waals surface area contributed by atoms with E-state index in [1.807, 2.05) is 0 Å². The largest absolute Gasteiger partial charge is 0.463 e. The number of esters is 7. The predicted molar refractivity (Wildman–Crippen MR) is 337 cm³/mol. The van der Waals surface area contributed by atoms with Crippen molar-refractivity contribution in [3.8, 4) is 0 Å². The highest BCUT2D eigenvalue weighted by Gasteiger charge is 2.58. The van der Waals surface area contributed by atoms with Crippen molar-refractivity contribution in [2.75, 3.05) is 39.6 Å². The zero-order chi connectivity index (χ0) is 66.6. The minimum absolute atomic E-state index is 0.146. The molecule has 0 radical (unpaired) electrons. The van der Waals surface area contributed by atoms with Crippen molar-refractivity contribution in [1.29, 1.82) is 0 Å². The van der Waals surface area contributed by atoms with E-state index in [4.69, 9.17) is 61.6 Å². The molecule has 0 N–H and O–H groups in total. The summed E-state index contributed by atoms with van der Waals surface area (Å²) in [5, 5.41) is 0. The van der Waals surface area contributed by atoms with E-state index in [9.17, 15) is 33.6 Å². The van der Waals surface area contributed by atoms with E-state index in [-0.39, 0.29) is 13.2 Å². The lowest BCUT2D eigenvalue weighted by Crippen LogP contribution is -2.67. The Labute approximate surface area is 535 Å². The second kappa shape index (κ2) is 45.4. The first-order valence-electron chi connectivity index (χ1n) is 33.9. The topological polar surface area (TPSA) is 239 Å². The van der Waals surface area contributed by atoms with Gasteiger partial charge in [-0.2, -0.15) is 0 Å². The predicted octanol–water partition coefficient (Wildman–Crippen LogP) is 13.0. The lowest BCUT2D eigenvalue weighted by Gasteiger charge is -2.48. The van der Waals surface area contributed by atoms with Crippen LogP contribution in [0.2, 0.25) is 0 Å². The number of hydrogen-bond donors (Lipinski definition) is 0. The van der Waals surface area contributed by atoms with Crippen LogP contribution in [0.1, 0.15) is 246 Å². The molecule has 2 rings (SSSR count). The third kappa shape index (κ3) is 36.8. The van der Waals surface area contributed by atoms with Crippen molar-refractivity contribution in [2.45, 2.75) is 314 Å². The summed E-state index contributed by atoms with van der Waals surface area (Å²) >= 11 is 0. The lowest BCUT2D eigenvalue weighted by molar-refractivity contribution is -0.362. The van der Waals surface area contributed by atoms with Gasteiger partial charge in [0, 0.05) is 61.7 Å². The van der Waals surface area contributed by atoms with Gasteiger partial charge in [-0.1, -0.05) is 185 Å². The Morgan fingerprint density at radius 2 is 0.652 bits per heavy atom. The summed E-state index contributed by atoms with van der Waals surface area (Å²) in [6, 6.07) is 0. The van der Waals surface area contributed by atoms with E-state index in [2.05, 4.69) is 69.2 Å². The Bertz CT molecular complexity index is 2000. The molecular weight excluding hydrogens is 1150 g/mol. The van der Waals surface area contributed by atoms with Crippen LogP contribution in [0.15, 0.2) is 0 Å². The van der Waals surface area contributed by atoms with Crippen LogP contribution in [0.5, 0.6) is 0 Å². The third-order valence-corrected chi connectivity index (χ3v) is 16.9. The fourth-order valence-corrected chi connectivity index (χ4v) is 11.8. The summed E-state index contributed by atoms with van der Waals surface area (Å²) in [5.41, 5.74) is 0. The Kier molecular flexibility index (Phi) is 41.4. The van der Waals surface area contributed by atoms with Gasteiger partial charge < -0.3 is 61.6 Å². The monoisotopic (exact) mass is 1270 g/mol. The van der Waals surface area contributed by atoms with Crippen LogP contribution in [0, 0.1) is 47.3 Å². The molecule has 2 saturated heterocycles. The van der Waals surface area contributed by atoms with Gasteiger partial charge in [-0.3, -0.25) is 33.6 Å². The highest BCUT2D eigenvalue weighted by Crippen LogP contribution is 2.36. The molecule has 0 aromatic heterocycles. The quantitative estimate of drug-likeness (QED) is 0.0312. The van der Waals surface area contributed by atoms with Crippen molar-refractivity contribution in [3.63, 3.8) is 0 Å². The van der Waals surface area contributed by atoms with E-state index < -0.39 is 123 Å². The van der Waals surface area contributed by atoms with E-state index in [1.54, 1.807) is 0 Å². The maximum absolute atomic E-state index is 13.1. The lowest BCUT2D eigenvalue weighted by atomic mass is 9.91. The van der Waals surface area contributed by atoms with Crippen molar-refractivity contribution < 1.29 is 95.1 Å². The van der Waals surface area contributed by atoms with Crippen LogP contribution in [0.4, 0.5) is 0 Å². The van der Waals surface area contributed by atoms with Crippen LogP contribution in [0.25, 0.3) is 0 Å². The maximum atomic E-state index is 13.1. The number of hydrogen-bond acceptors (Lipinski definition) is 20. The molecule has 20 nitrogen and oxygen atoms in total. The molecule has 2 fully saturated rings. The molecule has 0 aromatic rings. The standard InChI is InChI=1S/C69H122O20/c1-44(2)24-18-26-46(5)28-20-30-48(7)32-22-34-50(9)36-38-77-40-59(78-39-37-51(10)35-23-33-49(8)31-21-29-47(6)27-19-25-45(3)4)41-81-68-66(85-57(16)75)65(84-56(15)74)63(61(87-68)43-80-53(12)71)89-69-67(86-58(17)76)64(83-55(14)73)62(82-54(13)72)60(88-69)42-79-52(11)70/h44-51,59-69H,18-43H2,1-17H3/t46?,47?,48?,49?,50?,51?,59?,60-,61-,62-,63-,64+,65+,66-,67-,68-,69-/m1/s1. The highest BCUT2D eigenvalue weighted by atomic mass is 16.8. The van der Waals surface area contributed by atoms with E-state index >= 15 is 0 Å². The molecule has 17 atom stereocenters. The molecule has 0 aromatic carbocycles. The van der Waals surface area contributed by atoms with Crippen LogP contribution in [-0.4, -0.2) is 149 Å². The van der Waals surface area contributed by atoms with E-state index in [0.717, 1.165) is 104 Å². The van der Waals surface area contributed by atoms with Crippen molar-refractivity contribution >= 4 is 41.8 Å². The van der Waals surface area contributed by atoms with Gasteiger partial charge in [0.2, 0.25) is 0 Å². The van der Waals surface area contributed by atoms with Gasteiger partial charge in [-0.15, -0.1) is 0 Å². The van der Waals surface area contributed by atoms with Gasteiger partial charge in [0.25, 0.3) is 0 Å². The molecule has 0 aliphatic carbocycles. The van der Waals surface area contributed by atoms with Gasteiger partial charge >= 0.3 is 41.8 Å². The summed E-state index contributed by atoms with van der Waals surface area (Å²) in [6.45, 7) is 30.8. The molecular formula is C69H122O20. The van der Waals surface area contributed by atoms with Crippen molar-refractivity contribution in [1.82, 2.24) is 0 Å². The van der Waals surface area contributed by atoms with Gasteiger partial charge in [-0.25, -0.2) is 0 Å². The van der Waals surface area contributed by atoms with Gasteiger partial charge in [0.15, 0.2) is 43.1 Å². The molecule has 2 heterocycles. The molecule has 7 unspecified atom stereocenters. The summed E-state index contributed by atoms with van der Waals surface area (Å²) in [5.74, 6) is -0.531. The Hall–Kier alpha value is -3.95. The smallest absolute Gasteiger partial charge is 0.303 e. The zero-order valence-electron chi connectivity index (χ0n) is 58.0. The minimum atomic E-state index is -1.82. The summed E-state index contributed by atoms with van der Waals surface area (Å²) in [7, 11) is 0. The average molecular weight is 1270 g/mol. The number of ether oxygens (including phenoxy) is 13. The molecule has 0 saturated carbocycles. The van der Waals surface area contributed by atoms with E-state index in [0.29, 0.717) is 36.9 Å². The number of rotatable bonds is 47. The van der Waals surface area contributed by atoms with Crippen LogP contribution < -0.4 is 0 Å². The highest BCUT2D eigenvalue weighted by molar-refractivity contribution is 5.69. The molecule has 0 bridgehead atoms. The molecule has 0 spiro atoms. The zero-order valence-corrected chi connectivity index (χ0v) is 58.0. The molecule has 2 aliphatic heterocycles. The second-order valence-electron chi connectivity index (χ2n) is 27.1. The minimum Gasteiger partial charge on any atom is -0.463 e. The van der Waals surface area contributed by atoms with Gasteiger partial charge in [-0.05, 0) is 60.2 Å². The number of carbonyl (C=O) groups is 7. The summed E-state index contributed by atoms with van der Waals surface area (Å²) < 4.78 is 78.0. The SMILES string of the molecule is CC(=O)OC[C@H]1O[C@H](O[C@H]2[C@H](OC(C)=O)[C@@H](OC(C)=O)[C@H](OCC(COCCC(C)CCCC(C)CCCC(C)CCCC(C)C)OCCC(C)CCCC(C)CCCC(C)CCCC(C)C)O[C@@H]2COC(C)=O)[C@H](OC(C)=O)[C@@H](OC(C)=O)[C@@H]1OC(C)=O. The molecule has 0 amide bonds. The van der Waals surface area contributed by atoms with Crippen molar-refractivity contribution in [2.24, 2.45) is 47.3 Å². The van der Waals surface area contributed by atoms with Crippen LogP contribution in [-0.2, 0) is 95.1 Å². The molecule has 89 heavy (non-hydrogen) atoms. The van der Waals surface area contributed by atoms with Gasteiger partial charge in [0.1, 0.15) is 37.6 Å². The maximum Gasteiger partial charge on any atom is 0.303 e. The normalized spacial score (nSPS) is 24.3. The fourth-order valence-electron chi connectivity index (χ4n) is 11.8. The third-order valence-electron chi connectivity index (χ3n) is 16.9. The van der Waals surface area contributed by atoms with Crippen molar-refractivity contribution in [3.05, 3.63) is 0 Å². The number of carbonyl (C=O) groups excluding carboxylic acids is 7. The molecule has 518 valence electrons. The second-order valence-corrected chi connectivity index (χ2v) is 27.1. The first-order chi connectivity index (χ1) is 42.0. The van der Waals surface area contributed by atoms with Gasteiger partial charge in [0.05, 0.1) is 13.2 Å². The Balaban J connectivity index is 2.39. The Morgan fingerprint density at radius 1 is 0.337 bits per heavy atom. The van der Waals surface area contributed by atoms with Crippen LogP contribution >= 0.6 is 0 Å². The molecule has 20 heteroatoms. The molecule has 2 aliphatic rings. The van der Waals surface area contributed by atoms with E-state index in [1.165, 1.54) is 96.8 Å².